The van der Waals surface area contributed by atoms with Gasteiger partial charge in [0.15, 0.2) is 5.82 Å². The molecular formula is C13H12N6O2. The van der Waals surface area contributed by atoms with E-state index in [2.05, 4.69) is 25.3 Å². The standard InChI is InChI=1S/C13H12N6O2/c1-3-14-11(19-7-15-16-8-19)5-9(1)13-17-12(18-21-13)10-2-4-20-6-10/h1,3,5,7-8,10H,2,4,6H2. The minimum atomic E-state index is 0.224. The van der Waals surface area contributed by atoms with Crippen molar-refractivity contribution in [1.82, 2.24) is 29.9 Å². The van der Waals surface area contributed by atoms with Crippen LogP contribution in [0.5, 0.6) is 0 Å². The molecule has 0 amide bonds. The van der Waals surface area contributed by atoms with Crippen molar-refractivity contribution in [2.45, 2.75) is 12.3 Å². The molecule has 0 N–H and O–H groups in total. The first-order valence-electron chi connectivity index (χ1n) is 6.63. The highest BCUT2D eigenvalue weighted by Crippen LogP contribution is 2.25. The molecule has 4 rings (SSSR count). The summed E-state index contributed by atoms with van der Waals surface area (Å²) in [5.74, 6) is 2.10. The van der Waals surface area contributed by atoms with E-state index in [1.807, 2.05) is 12.1 Å². The van der Waals surface area contributed by atoms with Gasteiger partial charge in [0.25, 0.3) is 5.89 Å². The van der Waals surface area contributed by atoms with E-state index < -0.39 is 0 Å². The van der Waals surface area contributed by atoms with Gasteiger partial charge in [-0.3, -0.25) is 4.57 Å². The Bertz CT molecular complexity index is 733. The van der Waals surface area contributed by atoms with Gasteiger partial charge in [-0.05, 0) is 18.6 Å². The molecule has 0 aliphatic carbocycles. The van der Waals surface area contributed by atoms with Crippen molar-refractivity contribution in [2.24, 2.45) is 0 Å². The summed E-state index contributed by atoms with van der Waals surface area (Å²) in [6.07, 6.45) is 5.79. The molecule has 0 spiro atoms. The lowest BCUT2D eigenvalue weighted by atomic mass is 10.1. The van der Waals surface area contributed by atoms with Crippen molar-refractivity contribution in [3.63, 3.8) is 0 Å². The lowest BCUT2D eigenvalue weighted by molar-refractivity contribution is 0.192. The quantitative estimate of drug-likeness (QED) is 0.713. The van der Waals surface area contributed by atoms with Gasteiger partial charge in [-0.25, -0.2) is 4.98 Å². The zero-order valence-electron chi connectivity index (χ0n) is 11.1. The zero-order valence-corrected chi connectivity index (χ0v) is 11.1. The largest absolute Gasteiger partial charge is 0.381 e. The van der Waals surface area contributed by atoms with Crippen LogP contribution >= 0.6 is 0 Å². The minimum Gasteiger partial charge on any atom is -0.381 e. The van der Waals surface area contributed by atoms with Crippen LogP contribution in [0.1, 0.15) is 18.2 Å². The first-order chi connectivity index (χ1) is 10.4. The molecule has 8 heteroatoms. The number of nitrogens with zero attached hydrogens (tertiary/aromatic N) is 6. The molecule has 8 nitrogen and oxygen atoms in total. The van der Waals surface area contributed by atoms with E-state index in [0.717, 1.165) is 18.6 Å². The van der Waals surface area contributed by atoms with Crippen LogP contribution in [0.4, 0.5) is 0 Å². The highest BCUT2D eigenvalue weighted by molar-refractivity contribution is 5.55. The summed E-state index contributed by atoms with van der Waals surface area (Å²) in [4.78, 5) is 8.72. The van der Waals surface area contributed by atoms with E-state index in [-0.39, 0.29) is 5.92 Å². The van der Waals surface area contributed by atoms with Gasteiger partial charge in [0.1, 0.15) is 18.5 Å². The maximum absolute atomic E-state index is 5.35. The van der Waals surface area contributed by atoms with E-state index >= 15 is 0 Å². The molecule has 0 saturated carbocycles. The fourth-order valence-corrected chi connectivity index (χ4v) is 2.27. The van der Waals surface area contributed by atoms with Gasteiger partial charge in [-0.15, -0.1) is 10.2 Å². The Morgan fingerprint density at radius 1 is 1.24 bits per heavy atom. The molecule has 106 valence electrons. The molecule has 0 aromatic carbocycles. The molecule has 3 aromatic rings. The molecule has 1 unspecified atom stereocenters. The maximum Gasteiger partial charge on any atom is 0.258 e. The first-order valence-corrected chi connectivity index (χ1v) is 6.63. The Morgan fingerprint density at radius 2 is 2.14 bits per heavy atom. The lowest BCUT2D eigenvalue weighted by Crippen LogP contribution is -1.99. The zero-order chi connectivity index (χ0) is 14.1. The summed E-state index contributed by atoms with van der Waals surface area (Å²) in [5.41, 5.74) is 0.811. The van der Waals surface area contributed by atoms with Crippen molar-refractivity contribution in [2.75, 3.05) is 13.2 Å². The predicted octanol–water partition coefficient (Wildman–Crippen LogP) is 1.22. The summed E-state index contributed by atoms with van der Waals surface area (Å²) in [6, 6.07) is 3.68. The van der Waals surface area contributed by atoms with Gasteiger partial charge in [0, 0.05) is 24.3 Å². The van der Waals surface area contributed by atoms with Gasteiger partial charge in [0.05, 0.1) is 6.61 Å². The van der Waals surface area contributed by atoms with Crippen molar-refractivity contribution >= 4 is 0 Å². The molecule has 1 saturated heterocycles. The van der Waals surface area contributed by atoms with Gasteiger partial charge in [-0.1, -0.05) is 5.16 Å². The summed E-state index contributed by atoms with van der Waals surface area (Å²) in [5, 5.41) is 11.6. The average Bonchev–Trinajstić information content (AvgIpc) is 3.26. The Kier molecular flexibility index (Phi) is 2.93. The monoisotopic (exact) mass is 284 g/mol. The number of hydrogen-bond acceptors (Lipinski definition) is 7. The van der Waals surface area contributed by atoms with E-state index in [1.165, 1.54) is 0 Å². The number of aromatic nitrogens is 6. The van der Waals surface area contributed by atoms with Crippen molar-refractivity contribution < 1.29 is 9.26 Å². The molecule has 1 aliphatic heterocycles. The van der Waals surface area contributed by atoms with Crippen LogP contribution in [0.15, 0.2) is 35.5 Å². The summed E-state index contributed by atoms with van der Waals surface area (Å²) >= 11 is 0. The molecule has 0 radical (unpaired) electrons. The lowest BCUT2D eigenvalue weighted by Gasteiger charge is -2.01. The van der Waals surface area contributed by atoms with Crippen LogP contribution < -0.4 is 0 Å². The third-order valence-corrected chi connectivity index (χ3v) is 3.41. The van der Waals surface area contributed by atoms with E-state index in [4.69, 9.17) is 9.26 Å². The Hall–Kier alpha value is -2.61. The maximum atomic E-state index is 5.35. The second-order valence-corrected chi connectivity index (χ2v) is 4.79. The van der Waals surface area contributed by atoms with Crippen LogP contribution in [0.2, 0.25) is 0 Å². The summed E-state index contributed by atoms with van der Waals surface area (Å²) < 4.78 is 12.4. The van der Waals surface area contributed by atoms with Crippen molar-refractivity contribution in [3.05, 3.63) is 36.8 Å². The van der Waals surface area contributed by atoms with Crippen molar-refractivity contribution in [3.8, 4) is 17.3 Å². The van der Waals surface area contributed by atoms with E-state index in [1.54, 1.807) is 23.4 Å². The first kappa shape index (κ1) is 12.2. The number of hydrogen-bond donors (Lipinski definition) is 0. The third kappa shape index (κ3) is 2.29. The number of ether oxygens (including phenoxy) is 1. The summed E-state index contributed by atoms with van der Waals surface area (Å²) in [7, 11) is 0. The van der Waals surface area contributed by atoms with Gasteiger partial charge < -0.3 is 9.26 Å². The minimum absolute atomic E-state index is 0.224. The summed E-state index contributed by atoms with van der Waals surface area (Å²) in [6.45, 7) is 1.41. The normalized spacial score (nSPS) is 18.2. The van der Waals surface area contributed by atoms with Crippen LogP contribution in [0.3, 0.4) is 0 Å². The Labute approximate surface area is 119 Å². The van der Waals surface area contributed by atoms with Gasteiger partial charge in [0.2, 0.25) is 0 Å². The molecule has 1 atom stereocenters. The van der Waals surface area contributed by atoms with Crippen LogP contribution in [0.25, 0.3) is 17.3 Å². The number of pyridine rings is 1. The van der Waals surface area contributed by atoms with Gasteiger partial charge >= 0.3 is 0 Å². The molecule has 21 heavy (non-hydrogen) atoms. The molecule has 4 heterocycles. The fourth-order valence-electron chi connectivity index (χ4n) is 2.27. The highest BCUT2D eigenvalue weighted by atomic mass is 16.5. The van der Waals surface area contributed by atoms with E-state index in [0.29, 0.717) is 24.1 Å². The van der Waals surface area contributed by atoms with Gasteiger partial charge in [-0.2, -0.15) is 4.98 Å². The second kappa shape index (κ2) is 5.06. The number of rotatable bonds is 3. The van der Waals surface area contributed by atoms with Crippen LogP contribution in [0, 0.1) is 0 Å². The van der Waals surface area contributed by atoms with Crippen LogP contribution in [-0.4, -0.2) is 43.1 Å². The Balaban J connectivity index is 1.65. The predicted molar refractivity (Wildman–Crippen MR) is 70.6 cm³/mol. The fraction of sp³-hybridized carbons (Fsp3) is 0.308. The average molecular weight is 284 g/mol. The second-order valence-electron chi connectivity index (χ2n) is 4.79. The topological polar surface area (TPSA) is 91.8 Å². The highest BCUT2D eigenvalue weighted by Gasteiger charge is 2.23. The molecule has 1 fully saturated rings. The molecule has 0 bridgehead atoms. The molecular weight excluding hydrogens is 272 g/mol. The van der Waals surface area contributed by atoms with Crippen molar-refractivity contribution in [1.29, 1.82) is 0 Å². The third-order valence-electron chi connectivity index (χ3n) is 3.41. The van der Waals surface area contributed by atoms with E-state index in [9.17, 15) is 0 Å². The SMILES string of the molecule is c1cc(-c2nc(C3CCOC3)no2)cc(-n2cnnc2)n1. The molecule has 1 aliphatic rings. The molecule has 3 aromatic heterocycles. The Morgan fingerprint density at radius 3 is 2.95 bits per heavy atom. The smallest absolute Gasteiger partial charge is 0.258 e. The van der Waals surface area contributed by atoms with Crippen LogP contribution in [-0.2, 0) is 4.74 Å².